The third kappa shape index (κ3) is 3.49. The van der Waals surface area contributed by atoms with Gasteiger partial charge in [0.25, 0.3) is 5.91 Å². The lowest BCUT2D eigenvalue weighted by atomic mass is 9.92. The second kappa shape index (κ2) is 7.43. The number of amides is 1. The lowest BCUT2D eigenvalue weighted by molar-refractivity contribution is 0.0554. The molecule has 0 aliphatic heterocycles. The second-order valence-corrected chi connectivity index (χ2v) is 6.17. The van der Waals surface area contributed by atoms with Gasteiger partial charge in [0.2, 0.25) is 0 Å². The van der Waals surface area contributed by atoms with Crippen LogP contribution in [0.2, 0.25) is 0 Å². The molecule has 0 saturated heterocycles. The van der Waals surface area contributed by atoms with E-state index in [1.807, 2.05) is 4.90 Å². The molecular weight excluding hydrogens is 278 g/mol. The smallest absolute Gasteiger partial charge is 0.254 e. The summed E-state index contributed by atoms with van der Waals surface area (Å²) in [6.07, 6.45) is 6.54. The SMILES string of the molecule is COc1cc(C(=O)N(C(C)C)C2CCCCC2)ccc1C=O. The third-order valence-electron chi connectivity index (χ3n) is 4.37. The highest BCUT2D eigenvalue weighted by atomic mass is 16.5. The van der Waals surface area contributed by atoms with Crippen molar-refractivity contribution in [1.82, 2.24) is 4.90 Å². The first kappa shape index (κ1) is 16.5. The molecule has 0 unspecified atom stereocenters. The average Bonchev–Trinajstić information content (AvgIpc) is 2.54. The van der Waals surface area contributed by atoms with Crippen molar-refractivity contribution >= 4 is 12.2 Å². The zero-order chi connectivity index (χ0) is 16.1. The van der Waals surface area contributed by atoms with E-state index in [0.717, 1.165) is 19.1 Å². The van der Waals surface area contributed by atoms with Gasteiger partial charge in [-0.3, -0.25) is 9.59 Å². The number of ether oxygens (including phenoxy) is 1. The standard InChI is InChI=1S/C18H25NO3/c1-13(2)19(16-7-5-4-6-8-16)18(21)14-9-10-15(12-20)17(11-14)22-3/h9-13,16H,4-8H2,1-3H3. The lowest BCUT2D eigenvalue weighted by Gasteiger charge is -2.37. The summed E-state index contributed by atoms with van der Waals surface area (Å²) >= 11 is 0. The molecule has 4 heteroatoms. The summed E-state index contributed by atoms with van der Waals surface area (Å²) in [5.74, 6) is 0.478. The number of nitrogens with zero attached hydrogens (tertiary/aromatic N) is 1. The van der Waals surface area contributed by atoms with E-state index in [1.165, 1.54) is 26.4 Å². The monoisotopic (exact) mass is 303 g/mol. The van der Waals surface area contributed by atoms with E-state index >= 15 is 0 Å². The molecule has 120 valence electrons. The number of hydrogen-bond donors (Lipinski definition) is 0. The predicted molar refractivity (Wildman–Crippen MR) is 86.6 cm³/mol. The molecule has 1 aliphatic carbocycles. The van der Waals surface area contributed by atoms with Gasteiger partial charge >= 0.3 is 0 Å². The zero-order valence-corrected chi connectivity index (χ0v) is 13.7. The summed E-state index contributed by atoms with van der Waals surface area (Å²) in [5.41, 5.74) is 1.05. The Bertz CT molecular complexity index is 533. The molecule has 0 N–H and O–H groups in total. The first-order valence-corrected chi connectivity index (χ1v) is 8.04. The highest BCUT2D eigenvalue weighted by Crippen LogP contribution is 2.27. The fourth-order valence-electron chi connectivity index (χ4n) is 3.27. The van der Waals surface area contributed by atoms with Gasteiger partial charge in [-0.2, -0.15) is 0 Å². The first-order chi connectivity index (χ1) is 10.6. The van der Waals surface area contributed by atoms with Gasteiger partial charge in [0.05, 0.1) is 12.7 Å². The fourth-order valence-corrected chi connectivity index (χ4v) is 3.27. The van der Waals surface area contributed by atoms with Crippen LogP contribution in [0.1, 0.15) is 66.7 Å². The molecule has 0 heterocycles. The molecule has 22 heavy (non-hydrogen) atoms. The number of aldehydes is 1. The molecule has 0 bridgehead atoms. The Hall–Kier alpha value is -1.84. The minimum absolute atomic E-state index is 0.0256. The van der Waals surface area contributed by atoms with E-state index in [-0.39, 0.29) is 11.9 Å². The normalized spacial score (nSPS) is 15.6. The maximum Gasteiger partial charge on any atom is 0.254 e. The van der Waals surface area contributed by atoms with E-state index < -0.39 is 0 Å². The number of hydrogen-bond acceptors (Lipinski definition) is 3. The minimum Gasteiger partial charge on any atom is -0.496 e. The number of benzene rings is 1. The fraction of sp³-hybridized carbons (Fsp3) is 0.556. The van der Waals surface area contributed by atoms with Crippen LogP contribution in [-0.4, -0.2) is 36.3 Å². The molecule has 1 fully saturated rings. The minimum atomic E-state index is 0.0256. The van der Waals surface area contributed by atoms with Crippen LogP contribution in [0.5, 0.6) is 5.75 Å². The Balaban J connectivity index is 2.28. The van der Waals surface area contributed by atoms with Gasteiger partial charge in [0.1, 0.15) is 5.75 Å². The van der Waals surface area contributed by atoms with E-state index in [0.29, 0.717) is 22.9 Å². The van der Waals surface area contributed by atoms with E-state index in [4.69, 9.17) is 4.74 Å². The summed E-state index contributed by atoms with van der Waals surface area (Å²) in [6.45, 7) is 4.12. The molecule has 0 radical (unpaired) electrons. The van der Waals surface area contributed by atoms with Crippen molar-refractivity contribution in [2.24, 2.45) is 0 Å². The van der Waals surface area contributed by atoms with Gasteiger partial charge in [-0.25, -0.2) is 0 Å². The molecule has 1 aromatic carbocycles. The average molecular weight is 303 g/mol. The van der Waals surface area contributed by atoms with Gasteiger partial charge in [-0.05, 0) is 44.9 Å². The summed E-state index contributed by atoms with van der Waals surface area (Å²) in [4.78, 5) is 25.9. The van der Waals surface area contributed by atoms with E-state index in [9.17, 15) is 9.59 Å². The Morgan fingerprint density at radius 1 is 1.27 bits per heavy atom. The van der Waals surface area contributed by atoms with Gasteiger partial charge in [-0.1, -0.05) is 19.3 Å². The van der Waals surface area contributed by atoms with Crippen molar-refractivity contribution in [2.75, 3.05) is 7.11 Å². The molecule has 0 spiro atoms. The molecule has 0 atom stereocenters. The Labute approximate surface area is 132 Å². The molecule has 1 aliphatic rings. The van der Waals surface area contributed by atoms with Crippen molar-refractivity contribution in [1.29, 1.82) is 0 Å². The molecule has 1 aromatic rings. The van der Waals surface area contributed by atoms with Crippen LogP contribution in [0.25, 0.3) is 0 Å². The maximum atomic E-state index is 12.9. The quantitative estimate of drug-likeness (QED) is 0.779. The highest BCUT2D eigenvalue weighted by Gasteiger charge is 2.28. The summed E-state index contributed by atoms with van der Waals surface area (Å²) in [5, 5.41) is 0. The van der Waals surface area contributed by atoms with Crippen LogP contribution in [0, 0.1) is 0 Å². The number of carbonyl (C=O) groups excluding carboxylic acids is 2. The van der Waals surface area contributed by atoms with Crippen LogP contribution < -0.4 is 4.74 Å². The summed E-state index contributed by atoms with van der Waals surface area (Å²) in [6, 6.07) is 5.51. The number of rotatable bonds is 5. The van der Waals surface area contributed by atoms with Crippen LogP contribution in [0.4, 0.5) is 0 Å². The molecule has 4 nitrogen and oxygen atoms in total. The lowest BCUT2D eigenvalue weighted by Crippen LogP contribution is -2.45. The van der Waals surface area contributed by atoms with Crippen molar-refractivity contribution in [2.45, 2.75) is 58.0 Å². The molecular formula is C18H25NO3. The van der Waals surface area contributed by atoms with Crippen LogP contribution in [0.3, 0.4) is 0 Å². The molecule has 1 saturated carbocycles. The van der Waals surface area contributed by atoms with Crippen molar-refractivity contribution in [3.63, 3.8) is 0 Å². The predicted octanol–water partition coefficient (Wildman–Crippen LogP) is 3.69. The summed E-state index contributed by atoms with van der Waals surface area (Å²) < 4.78 is 5.21. The van der Waals surface area contributed by atoms with Crippen LogP contribution in [0.15, 0.2) is 18.2 Å². The van der Waals surface area contributed by atoms with Crippen molar-refractivity contribution in [3.8, 4) is 5.75 Å². The second-order valence-electron chi connectivity index (χ2n) is 6.17. The topological polar surface area (TPSA) is 46.6 Å². The third-order valence-corrected chi connectivity index (χ3v) is 4.37. The Morgan fingerprint density at radius 3 is 2.50 bits per heavy atom. The Morgan fingerprint density at radius 2 is 1.95 bits per heavy atom. The van der Waals surface area contributed by atoms with E-state index in [2.05, 4.69) is 13.8 Å². The van der Waals surface area contributed by atoms with Crippen LogP contribution >= 0.6 is 0 Å². The first-order valence-electron chi connectivity index (χ1n) is 8.04. The molecule has 2 rings (SSSR count). The van der Waals surface area contributed by atoms with Crippen LogP contribution in [-0.2, 0) is 0 Å². The Kier molecular flexibility index (Phi) is 5.58. The van der Waals surface area contributed by atoms with Gasteiger partial charge < -0.3 is 9.64 Å². The number of carbonyl (C=O) groups is 2. The highest BCUT2D eigenvalue weighted by molar-refractivity contribution is 5.96. The van der Waals surface area contributed by atoms with Crippen molar-refractivity contribution < 1.29 is 14.3 Å². The molecule has 0 aromatic heterocycles. The van der Waals surface area contributed by atoms with Gasteiger partial charge in [0.15, 0.2) is 6.29 Å². The van der Waals surface area contributed by atoms with E-state index in [1.54, 1.807) is 18.2 Å². The maximum absolute atomic E-state index is 12.9. The largest absolute Gasteiger partial charge is 0.496 e. The van der Waals surface area contributed by atoms with Crippen molar-refractivity contribution in [3.05, 3.63) is 29.3 Å². The zero-order valence-electron chi connectivity index (χ0n) is 13.7. The molecule has 1 amide bonds. The number of methoxy groups -OCH3 is 1. The van der Waals surface area contributed by atoms with Gasteiger partial charge in [0, 0.05) is 17.6 Å². The van der Waals surface area contributed by atoms with Gasteiger partial charge in [-0.15, -0.1) is 0 Å². The summed E-state index contributed by atoms with van der Waals surface area (Å²) in [7, 11) is 1.51.